The molecule has 0 atom stereocenters. The van der Waals surface area contributed by atoms with E-state index in [-0.39, 0.29) is 10.6 Å². The van der Waals surface area contributed by atoms with Crippen LogP contribution in [0.2, 0.25) is 0 Å². The minimum absolute atomic E-state index is 0.135. The number of benzene rings is 1. The van der Waals surface area contributed by atoms with Crippen LogP contribution in [0.3, 0.4) is 0 Å². The average Bonchev–Trinajstić information content (AvgIpc) is 3.01. The van der Waals surface area contributed by atoms with Crippen LogP contribution >= 0.6 is 0 Å². The van der Waals surface area contributed by atoms with E-state index < -0.39 is 16.0 Å². The fourth-order valence-electron chi connectivity index (χ4n) is 3.61. The van der Waals surface area contributed by atoms with Crippen LogP contribution in [-0.4, -0.2) is 36.3 Å². The van der Waals surface area contributed by atoms with Gasteiger partial charge in [0.25, 0.3) is 0 Å². The van der Waals surface area contributed by atoms with Gasteiger partial charge in [0.2, 0.25) is 10.0 Å². The van der Waals surface area contributed by atoms with E-state index in [0.29, 0.717) is 18.8 Å². The predicted octanol–water partition coefficient (Wildman–Crippen LogP) is 3.34. The molecule has 1 aliphatic heterocycles. The molecule has 0 aliphatic carbocycles. The topological polar surface area (TPSA) is 68.6 Å². The number of esters is 1. The maximum atomic E-state index is 12.8. The van der Waals surface area contributed by atoms with E-state index in [9.17, 15) is 13.2 Å². The Balaban J connectivity index is 1.87. The molecule has 2 aromatic rings. The number of piperidine rings is 1. The summed E-state index contributed by atoms with van der Waals surface area (Å²) < 4.78 is 34.3. The standard InChI is InChI=1S/C20H26N2O4S/c1-14-10-15(2)19(16(3)11-14)26-20(23)18-12-17(13-21(18)4)27(24,25)22-8-6-5-7-9-22/h10-13H,5-9H2,1-4H3. The molecule has 2 heterocycles. The monoisotopic (exact) mass is 390 g/mol. The van der Waals surface area contributed by atoms with Crippen LogP contribution in [0.5, 0.6) is 5.75 Å². The lowest BCUT2D eigenvalue weighted by Gasteiger charge is -2.25. The summed E-state index contributed by atoms with van der Waals surface area (Å²) in [5, 5.41) is 0. The quantitative estimate of drug-likeness (QED) is 0.593. The van der Waals surface area contributed by atoms with Gasteiger partial charge in [-0.1, -0.05) is 24.1 Å². The zero-order valence-electron chi connectivity index (χ0n) is 16.3. The van der Waals surface area contributed by atoms with E-state index in [0.717, 1.165) is 36.0 Å². The summed E-state index contributed by atoms with van der Waals surface area (Å²) in [5.41, 5.74) is 3.05. The molecule has 1 saturated heterocycles. The Hall–Kier alpha value is -2.12. The summed E-state index contributed by atoms with van der Waals surface area (Å²) in [7, 11) is -1.93. The summed E-state index contributed by atoms with van der Waals surface area (Å²) in [6.45, 7) is 6.82. The molecule has 7 heteroatoms. The molecule has 0 amide bonds. The van der Waals surface area contributed by atoms with Crippen molar-refractivity contribution in [2.75, 3.05) is 13.1 Å². The largest absolute Gasteiger partial charge is 0.421 e. The van der Waals surface area contributed by atoms with Crippen LogP contribution in [0.1, 0.15) is 46.4 Å². The third kappa shape index (κ3) is 3.94. The fourth-order valence-corrected chi connectivity index (χ4v) is 5.19. The molecule has 0 N–H and O–H groups in total. The zero-order valence-corrected chi connectivity index (χ0v) is 17.1. The van der Waals surface area contributed by atoms with Gasteiger partial charge in [0, 0.05) is 26.3 Å². The first kappa shape index (κ1) is 19.6. The normalized spacial score (nSPS) is 15.7. The van der Waals surface area contributed by atoms with Gasteiger partial charge in [0.05, 0.1) is 0 Å². The molecule has 0 unspecified atom stereocenters. The minimum atomic E-state index is -3.59. The predicted molar refractivity (Wildman–Crippen MR) is 104 cm³/mol. The maximum Gasteiger partial charge on any atom is 0.360 e. The van der Waals surface area contributed by atoms with Gasteiger partial charge in [-0.25, -0.2) is 13.2 Å². The van der Waals surface area contributed by atoms with Crippen molar-refractivity contribution < 1.29 is 17.9 Å². The Kier molecular flexibility index (Phi) is 5.44. The van der Waals surface area contributed by atoms with Crippen molar-refractivity contribution >= 4 is 16.0 Å². The van der Waals surface area contributed by atoms with Gasteiger partial charge in [-0.15, -0.1) is 0 Å². The summed E-state index contributed by atoms with van der Waals surface area (Å²) in [6.07, 6.45) is 4.27. The van der Waals surface area contributed by atoms with Crippen LogP contribution in [0.4, 0.5) is 0 Å². The zero-order chi connectivity index (χ0) is 19.8. The molecule has 146 valence electrons. The molecular weight excluding hydrogens is 364 g/mol. The minimum Gasteiger partial charge on any atom is -0.421 e. The van der Waals surface area contributed by atoms with Gasteiger partial charge in [0.1, 0.15) is 16.3 Å². The Labute approximate surface area is 160 Å². The summed E-state index contributed by atoms with van der Waals surface area (Å²) >= 11 is 0. The third-order valence-electron chi connectivity index (χ3n) is 4.94. The molecule has 0 bridgehead atoms. The van der Waals surface area contributed by atoms with E-state index >= 15 is 0 Å². The van der Waals surface area contributed by atoms with Gasteiger partial charge in [0.15, 0.2) is 0 Å². The van der Waals surface area contributed by atoms with Gasteiger partial charge in [-0.2, -0.15) is 4.31 Å². The highest BCUT2D eigenvalue weighted by Gasteiger charge is 2.29. The summed E-state index contributed by atoms with van der Waals surface area (Å²) in [5.74, 6) is -0.0418. The number of aromatic nitrogens is 1. The lowest BCUT2D eigenvalue weighted by atomic mass is 10.1. The number of ether oxygens (including phenoxy) is 1. The Morgan fingerprint density at radius 1 is 1.00 bits per heavy atom. The molecule has 1 aromatic heterocycles. The van der Waals surface area contributed by atoms with E-state index in [2.05, 4.69) is 0 Å². The maximum absolute atomic E-state index is 12.8. The first-order valence-corrected chi connectivity index (χ1v) is 10.6. The van der Waals surface area contributed by atoms with Crippen LogP contribution < -0.4 is 4.74 Å². The van der Waals surface area contributed by atoms with E-state index in [4.69, 9.17) is 4.74 Å². The van der Waals surface area contributed by atoms with Crippen molar-refractivity contribution in [3.63, 3.8) is 0 Å². The lowest BCUT2D eigenvalue weighted by molar-refractivity contribution is 0.0722. The van der Waals surface area contributed by atoms with Crippen molar-refractivity contribution in [3.05, 3.63) is 46.8 Å². The Morgan fingerprint density at radius 3 is 2.19 bits per heavy atom. The fraction of sp³-hybridized carbons (Fsp3) is 0.450. The number of rotatable bonds is 4. The first-order chi connectivity index (χ1) is 12.7. The van der Waals surface area contributed by atoms with Gasteiger partial charge < -0.3 is 9.30 Å². The molecule has 0 saturated carbocycles. The second-order valence-electron chi connectivity index (χ2n) is 7.25. The van der Waals surface area contributed by atoms with Crippen molar-refractivity contribution in [2.45, 2.75) is 44.9 Å². The third-order valence-corrected chi connectivity index (χ3v) is 6.81. The molecule has 6 nitrogen and oxygen atoms in total. The molecule has 3 rings (SSSR count). The molecule has 1 aliphatic rings. The average molecular weight is 391 g/mol. The number of aryl methyl sites for hydroxylation is 4. The lowest BCUT2D eigenvalue weighted by Crippen LogP contribution is -2.35. The number of hydrogen-bond acceptors (Lipinski definition) is 4. The van der Waals surface area contributed by atoms with Gasteiger partial charge >= 0.3 is 5.97 Å². The first-order valence-electron chi connectivity index (χ1n) is 9.16. The smallest absolute Gasteiger partial charge is 0.360 e. The van der Waals surface area contributed by atoms with Crippen LogP contribution in [0.25, 0.3) is 0 Å². The van der Waals surface area contributed by atoms with Gasteiger partial charge in [-0.3, -0.25) is 0 Å². The molecule has 0 radical (unpaired) electrons. The second-order valence-corrected chi connectivity index (χ2v) is 9.19. The van der Waals surface area contributed by atoms with E-state index in [1.54, 1.807) is 7.05 Å². The molecule has 27 heavy (non-hydrogen) atoms. The summed E-state index contributed by atoms with van der Waals surface area (Å²) in [4.78, 5) is 12.8. The van der Waals surface area contributed by atoms with Crippen molar-refractivity contribution in [1.29, 1.82) is 0 Å². The van der Waals surface area contributed by atoms with Crippen LogP contribution in [-0.2, 0) is 17.1 Å². The molecular formula is C20H26N2O4S. The highest BCUT2D eigenvalue weighted by Crippen LogP contribution is 2.27. The highest BCUT2D eigenvalue weighted by atomic mass is 32.2. The molecule has 0 spiro atoms. The van der Waals surface area contributed by atoms with E-state index in [1.165, 1.54) is 21.1 Å². The van der Waals surface area contributed by atoms with Crippen LogP contribution in [0.15, 0.2) is 29.3 Å². The second kappa shape index (κ2) is 7.48. The van der Waals surface area contributed by atoms with Crippen molar-refractivity contribution in [2.24, 2.45) is 7.05 Å². The summed E-state index contributed by atoms with van der Waals surface area (Å²) in [6, 6.07) is 5.31. The highest BCUT2D eigenvalue weighted by molar-refractivity contribution is 7.89. The van der Waals surface area contributed by atoms with Crippen LogP contribution in [0, 0.1) is 20.8 Å². The Morgan fingerprint density at radius 2 is 1.59 bits per heavy atom. The number of hydrogen-bond donors (Lipinski definition) is 0. The van der Waals surface area contributed by atoms with Gasteiger partial charge in [-0.05, 0) is 50.8 Å². The molecule has 1 fully saturated rings. The number of carbonyl (C=O) groups excluding carboxylic acids is 1. The number of nitrogens with zero attached hydrogens (tertiary/aromatic N) is 2. The molecule has 1 aromatic carbocycles. The Bertz CT molecular complexity index is 947. The number of carbonyl (C=O) groups is 1. The number of sulfonamides is 1. The van der Waals surface area contributed by atoms with Crippen molar-refractivity contribution in [3.8, 4) is 5.75 Å². The SMILES string of the molecule is Cc1cc(C)c(OC(=O)c2cc(S(=O)(=O)N3CCCCC3)cn2C)c(C)c1. The van der Waals surface area contributed by atoms with E-state index in [1.807, 2.05) is 32.9 Å². The van der Waals surface area contributed by atoms with Crippen molar-refractivity contribution in [1.82, 2.24) is 8.87 Å².